The lowest BCUT2D eigenvalue weighted by Gasteiger charge is -2.12. The average molecular weight is 283 g/mol. The first kappa shape index (κ1) is 13.6. The molecule has 19 heavy (non-hydrogen) atoms. The zero-order valence-corrected chi connectivity index (χ0v) is 11.1. The number of carbonyl (C=O) groups is 2. The van der Waals surface area contributed by atoms with Gasteiger partial charge in [-0.1, -0.05) is 18.7 Å². The summed E-state index contributed by atoms with van der Waals surface area (Å²) in [5.41, 5.74) is -0.543. The minimum atomic E-state index is -1.12. The lowest BCUT2D eigenvalue weighted by Crippen LogP contribution is -2.43. The van der Waals surface area contributed by atoms with Gasteiger partial charge in [0.25, 0.3) is 11.5 Å². The van der Waals surface area contributed by atoms with Crippen LogP contribution in [0.5, 0.6) is 0 Å². The summed E-state index contributed by atoms with van der Waals surface area (Å²) in [5.74, 6) is -1.07. The molecule has 8 heteroatoms. The molecule has 0 radical (unpaired) electrons. The number of aliphatic carboxylic acids is 1. The van der Waals surface area contributed by atoms with Crippen LogP contribution in [0.25, 0.3) is 0 Å². The second-order valence-electron chi connectivity index (χ2n) is 4.03. The number of nitrogens with zero attached hydrogens (tertiary/aromatic N) is 2. The number of carboxylic acids is 1. The average Bonchev–Trinajstić information content (AvgIpc) is 2.84. The highest BCUT2D eigenvalue weighted by Crippen LogP contribution is 2.20. The quantitative estimate of drug-likeness (QED) is 0.751. The van der Waals surface area contributed by atoms with E-state index < -0.39 is 23.5 Å². The number of nitrogens with one attached hydrogen (secondary N) is 1. The molecule has 0 spiro atoms. The standard InChI is InChI=1S/C11H13N3O4S/c1-2-7(10(17)18)13-8(15)6-5-12-11-14(9(6)16)3-4-19-11/h5,7H,2-4H2,1H3,(H,13,15)(H,17,18)/t7-/m0/s1. The van der Waals surface area contributed by atoms with Crippen LogP contribution < -0.4 is 10.9 Å². The van der Waals surface area contributed by atoms with E-state index in [2.05, 4.69) is 10.3 Å². The van der Waals surface area contributed by atoms with Crippen molar-refractivity contribution in [1.29, 1.82) is 0 Å². The normalized spacial score (nSPS) is 14.8. The van der Waals surface area contributed by atoms with Crippen molar-refractivity contribution in [2.45, 2.75) is 31.1 Å². The summed E-state index contributed by atoms with van der Waals surface area (Å²) in [6.07, 6.45) is 1.45. The van der Waals surface area contributed by atoms with E-state index >= 15 is 0 Å². The Labute approximate surface area is 113 Å². The molecule has 0 aromatic carbocycles. The van der Waals surface area contributed by atoms with E-state index in [-0.39, 0.29) is 12.0 Å². The molecule has 1 aliphatic heterocycles. The number of aromatic nitrogens is 2. The van der Waals surface area contributed by atoms with E-state index in [9.17, 15) is 14.4 Å². The van der Waals surface area contributed by atoms with Crippen molar-refractivity contribution in [2.75, 3.05) is 5.75 Å². The maximum Gasteiger partial charge on any atom is 0.326 e. The number of fused-ring (bicyclic) bond motifs is 1. The third-order valence-corrected chi connectivity index (χ3v) is 3.78. The monoisotopic (exact) mass is 283 g/mol. The number of hydrogen-bond donors (Lipinski definition) is 2. The van der Waals surface area contributed by atoms with Gasteiger partial charge in [0.15, 0.2) is 5.16 Å². The number of hydrogen-bond acceptors (Lipinski definition) is 5. The summed E-state index contributed by atoms with van der Waals surface area (Å²) in [4.78, 5) is 38.8. The molecule has 0 aliphatic carbocycles. The Kier molecular flexibility index (Phi) is 3.89. The molecule has 1 aromatic heterocycles. The highest BCUT2D eigenvalue weighted by Gasteiger charge is 2.23. The predicted molar refractivity (Wildman–Crippen MR) is 68.4 cm³/mol. The summed E-state index contributed by atoms with van der Waals surface area (Å²) in [6.45, 7) is 2.16. The Morgan fingerprint density at radius 3 is 3.00 bits per heavy atom. The number of amides is 1. The van der Waals surface area contributed by atoms with E-state index in [1.165, 1.54) is 22.5 Å². The van der Waals surface area contributed by atoms with E-state index in [1.54, 1.807) is 6.92 Å². The Hall–Kier alpha value is -1.83. The lowest BCUT2D eigenvalue weighted by molar-refractivity contribution is -0.139. The zero-order chi connectivity index (χ0) is 14.0. The summed E-state index contributed by atoms with van der Waals surface area (Å²) >= 11 is 1.45. The van der Waals surface area contributed by atoms with Crippen LogP contribution in [0.1, 0.15) is 23.7 Å². The predicted octanol–water partition coefficient (Wildman–Crippen LogP) is -0.0580. The van der Waals surface area contributed by atoms with Crippen molar-refractivity contribution < 1.29 is 14.7 Å². The Morgan fingerprint density at radius 1 is 1.63 bits per heavy atom. The number of rotatable bonds is 4. The van der Waals surface area contributed by atoms with Crippen molar-refractivity contribution in [3.05, 3.63) is 22.1 Å². The molecule has 1 aliphatic rings. The van der Waals surface area contributed by atoms with Crippen molar-refractivity contribution >= 4 is 23.6 Å². The van der Waals surface area contributed by atoms with Crippen molar-refractivity contribution in [3.8, 4) is 0 Å². The smallest absolute Gasteiger partial charge is 0.326 e. The van der Waals surface area contributed by atoms with Gasteiger partial charge >= 0.3 is 5.97 Å². The van der Waals surface area contributed by atoms with Gasteiger partial charge in [0.2, 0.25) is 0 Å². The second kappa shape index (κ2) is 5.43. The fourth-order valence-corrected chi connectivity index (χ4v) is 2.66. The van der Waals surface area contributed by atoms with Crippen molar-refractivity contribution in [3.63, 3.8) is 0 Å². The molecular weight excluding hydrogens is 270 g/mol. The van der Waals surface area contributed by atoms with Gasteiger partial charge in [-0.25, -0.2) is 9.78 Å². The van der Waals surface area contributed by atoms with Crippen LogP contribution in [0.4, 0.5) is 0 Å². The van der Waals surface area contributed by atoms with Crippen LogP contribution in [0.3, 0.4) is 0 Å². The Morgan fingerprint density at radius 2 is 2.37 bits per heavy atom. The highest BCUT2D eigenvalue weighted by atomic mass is 32.2. The molecule has 7 nitrogen and oxygen atoms in total. The number of thioether (sulfide) groups is 1. The topological polar surface area (TPSA) is 101 Å². The van der Waals surface area contributed by atoms with Crippen LogP contribution in [-0.4, -0.2) is 38.3 Å². The third kappa shape index (κ3) is 2.62. The van der Waals surface area contributed by atoms with Crippen LogP contribution in [-0.2, 0) is 11.3 Å². The summed E-state index contributed by atoms with van der Waals surface area (Å²) < 4.78 is 1.43. The largest absolute Gasteiger partial charge is 0.480 e. The number of carboxylic acid groups (broad SMARTS) is 1. The summed E-state index contributed by atoms with van der Waals surface area (Å²) in [7, 11) is 0. The molecule has 0 bridgehead atoms. The van der Waals surface area contributed by atoms with Crippen LogP contribution >= 0.6 is 11.8 Å². The van der Waals surface area contributed by atoms with E-state index in [4.69, 9.17) is 5.11 Å². The van der Waals surface area contributed by atoms with Gasteiger partial charge in [-0.05, 0) is 6.42 Å². The maximum absolute atomic E-state index is 12.0. The van der Waals surface area contributed by atoms with Crippen LogP contribution in [0.15, 0.2) is 16.1 Å². The molecule has 2 heterocycles. The molecule has 102 valence electrons. The molecule has 0 fully saturated rings. The van der Waals surface area contributed by atoms with Crippen molar-refractivity contribution in [1.82, 2.24) is 14.9 Å². The van der Waals surface area contributed by atoms with E-state index in [0.29, 0.717) is 11.7 Å². The molecule has 1 aromatic rings. The van der Waals surface area contributed by atoms with Gasteiger partial charge in [-0.2, -0.15) is 0 Å². The third-order valence-electron chi connectivity index (χ3n) is 2.81. The fourth-order valence-electron chi connectivity index (χ4n) is 1.75. The van der Waals surface area contributed by atoms with Crippen LogP contribution in [0.2, 0.25) is 0 Å². The molecular formula is C11H13N3O4S. The minimum absolute atomic E-state index is 0.119. The van der Waals surface area contributed by atoms with Gasteiger partial charge in [-0.3, -0.25) is 14.2 Å². The molecule has 0 saturated carbocycles. The van der Waals surface area contributed by atoms with E-state index in [0.717, 1.165) is 5.75 Å². The molecule has 0 saturated heterocycles. The molecule has 1 atom stereocenters. The fraction of sp³-hybridized carbons (Fsp3) is 0.455. The van der Waals surface area contributed by atoms with E-state index in [1.807, 2.05) is 0 Å². The van der Waals surface area contributed by atoms with Gasteiger partial charge in [0.05, 0.1) is 0 Å². The Bertz CT molecular complexity index is 584. The molecule has 2 N–H and O–H groups in total. The molecule has 1 amide bonds. The SMILES string of the molecule is CC[C@H](NC(=O)c1cnc2n(c1=O)CCS2)C(=O)O. The summed E-state index contributed by atoms with van der Waals surface area (Å²) in [6, 6.07) is -1.00. The van der Waals surface area contributed by atoms with Gasteiger partial charge in [0, 0.05) is 18.5 Å². The molecule has 0 unspecified atom stereocenters. The minimum Gasteiger partial charge on any atom is -0.480 e. The highest BCUT2D eigenvalue weighted by molar-refractivity contribution is 7.99. The first-order chi connectivity index (χ1) is 9.04. The number of carbonyl (C=O) groups excluding carboxylic acids is 1. The Balaban J connectivity index is 2.25. The first-order valence-electron chi connectivity index (χ1n) is 5.81. The van der Waals surface area contributed by atoms with Gasteiger partial charge in [-0.15, -0.1) is 0 Å². The van der Waals surface area contributed by atoms with Gasteiger partial charge < -0.3 is 10.4 Å². The molecule has 2 rings (SSSR count). The first-order valence-corrected chi connectivity index (χ1v) is 6.79. The zero-order valence-electron chi connectivity index (χ0n) is 10.3. The van der Waals surface area contributed by atoms with Crippen molar-refractivity contribution in [2.24, 2.45) is 0 Å². The van der Waals surface area contributed by atoms with Crippen LogP contribution in [0, 0.1) is 0 Å². The maximum atomic E-state index is 12.0. The lowest BCUT2D eigenvalue weighted by atomic mass is 10.2. The second-order valence-corrected chi connectivity index (χ2v) is 5.09. The summed E-state index contributed by atoms with van der Waals surface area (Å²) in [5, 5.41) is 11.8. The van der Waals surface area contributed by atoms with Gasteiger partial charge in [0.1, 0.15) is 11.6 Å².